The van der Waals surface area contributed by atoms with Crippen LogP contribution in [0.15, 0.2) is 18.5 Å². The zero-order valence-corrected chi connectivity index (χ0v) is 12.4. The minimum atomic E-state index is 0.364. The number of pyridine rings is 1. The summed E-state index contributed by atoms with van der Waals surface area (Å²) < 4.78 is 5.51. The third-order valence-electron chi connectivity index (χ3n) is 2.58. The quantitative estimate of drug-likeness (QED) is 0.745. The van der Waals surface area contributed by atoms with E-state index < -0.39 is 0 Å². The topological polar surface area (TPSA) is 34.2 Å². The molecule has 0 aromatic carbocycles. The lowest BCUT2D eigenvalue weighted by molar-refractivity contribution is 0.338. The van der Waals surface area contributed by atoms with Crippen LogP contribution < -0.4 is 10.1 Å². The van der Waals surface area contributed by atoms with E-state index in [9.17, 15) is 0 Å². The Kier molecular flexibility index (Phi) is 7.85. The average molecular weight is 268 g/mol. The first-order chi connectivity index (χ1) is 8.81. The van der Waals surface area contributed by atoms with Crippen molar-refractivity contribution in [2.45, 2.75) is 33.2 Å². The van der Waals surface area contributed by atoms with Crippen molar-refractivity contribution in [2.75, 3.05) is 24.7 Å². The van der Waals surface area contributed by atoms with Gasteiger partial charge in [-0.1, -0.05) is 13.8 Å². The number of thioether (sulfide) groups is 1. The third-order valence-corrected chi connectivity index (χ3v) is 3.55. The van der Waals surface area contributed by atoms with Crippen molar-refractivity contribution in [3.05, 3.63) is 24.0 Å². The minimum Gasteiger partial charge on any atom is -0.492 e. The number of hydrogen-bond acceptors (Lipinski definition) is 4. The van der Waals surface area contributed by atoms with Crippen LogP contribution in [0.2, 0.25) is 0 Å². The van der Waals surface area contributed by atoms with Crippen LogP contribution in [0.5, 0.6) is 5.75 Å². The molecule has 1 unspecified atom stereocenters. The molecule has 0 saturated carbocycles. The lowest BCUT2D eigenvalue weighted by Gasteiger charge is -2.18. The van der Waals surface area contributed by atoms with Crippen LogP contribution in [0.3, 0.4) is 0 Å². The standard InChI is InChI=1S/C14H24N2OS/c1-4-7-16-14(11-18-6-3)12-8-13(17-5-2)10-15-9-12/h8-10,14,16H,4-7,11H2,1-3H3. The molecular weight excluding hydrogens is 244 g/mol. The first-order valence-corrected chi connectivity index (χ1v) is 7.86. The van der Waals surface area contributed by atoms with Gasteiger partial charge in [0.15, 0.2) is 0 Å². The summed E-state index contributed by atoms with van der Waals surface area (Å²) >= 11 is 1.95. The van der Waals surface area contributed by atoms with E-state index in [2.05, 4.69) is 30.2 Å². The van der Waals surface area contributed by atoms with Crippen molar-refractivity contribution in [3.63, 3.8) is 0 Å². The Morgan fingerprint density at radius 3 is 2.83 bits per heavy atom. The molecule has 1 aromatic heterocycles. The summed E-state index contributed by atoms with van der Waals surface area (Å²) in [4.78, 5) is 4.27. The van der Waals surface area contributed by atoms with Crippen molar-refractivity contribution in [1.82, 2.24) is 10.3 Å². The molecule has 1 aromatic rings. The molecule has 0 amide bonds. The molecule has 18 heavy (non-hydrogen) atoms. The predicted octanol–water partition coefficient (Wildman–Crippen LogP) is 3.27. The molecule has 0 radical (unpaired) electrons. The molecule has 0 saturated heterocycles. The second-order valence-corrected chi connectivity index (χ2v) is 5.37. The number of aromatic nitrogens is 1. The van der Waals surface area contributed by atoms with Crippen LogP contribution in [0, 0.1) is 0 Å². The summed E-state index contributed by atoms with van der Waals surface area (Å²) in [7, 11) is 0. The van der Waals surface area contributed by atoms with Crippen LogP contribution in [0.4, 0.5) is 0 Å². The van der Waals surface area contributed by atoms with Gasteiger partial charge in [0.05, 0.1) is 12.8 Å². The molecule has 0 aliphatic heterocycles. The zero-order valence-electron chi connectivity index (χ0n) is 11.6. The van der Waals surface area contributed by atoms with Gasteiger partial charge in [0.25, 0.3) is 0 Å². The highest BCUT2D eigenvalue weighted by atomic mass is 32.2. The normalized spacial score (nSPS) is 12.4. The van der Waals surface area contributed by atoms with Crippen molar-refractivity contribution < 1.29 is 4.74 Å². The van der Waals surface area contributed by atoms with Gasteiger partial charge in [-0.15, -0.1) is 0 Å². The molecule has 1 atom stereocenters. The second-order valence-electron chi connectivity index (χ2n) is 4.05. The lowest BCUT2D eigenvalue weighted by atomic mass is 10.1. The molecule has 0 bridgehead atoms. The fourth-order valence-electron chi connectivity index (χ4n) is 1.70. The van der Waals surface area contributed by atoms with Gasteiger partial charge in [-0.3, -0.25) is 4.98 Å². The van der Waals surface area contributed by atoms with Crippen molar-refractivity contribution in [2.24, 2.45) is 0 Å². The van der Waals surface area contributed by atoms with E-state index in [4.69, 9.17) is 4.74 Å². The van der Waals surface area contributed by atoms with Gasteiger partial charge < -0.3 is 10.1 Å². The number of ether oxygens (including phenoxy) is 1. The molecule has 1 N–H and O–H groups in total. The summed E-state index contributed by atoms with van der Waals surface area (Å²) in [5, 5.41) is 3.57. The lowest BCUT2D eigenvalue weighted by Crippen LogP contribution is -2.24. The highest BCUT2D eigenvalue weighted by molar-refractivity contribution is 7.99. The number of rotatable bonds is 9. The molecule has 1 rings (SSSR count). The zero-order chi connectivity index (χ0) is 13.2. The highest BCUT2D eigenvalue weighted by Crippen LogP contribution is 2.21. The van der Waals surface area contributed by atoms with Crippen LogP contribution in [0.1, 0.15) is 38.8 Å². The van der Waals surface area contributed by atoms with E-state index in [1.165, 1.54) is 5.56 Å². The van der Waals surface area contributed by atoms with Crippen molar-refractivity contribution in [3.8, 4) is 5.75 Å². The van der Waals surface area contributed by atoms with Gasteiger partial charge in [-0.05, 0) is 37.3 Å². The van der Waals surface area contributed by atoms with Gasteiger partial charge in [-0.2, -0.15) is 11.8 Å². The second kappa shape index (κ2) is 9.22. The van der Waals surface area contributed by atoms with E-state index in [0.29, 0.717) is 12.6 Å². The summed E-state index contributed by atoms with van der Waals surface area (Å²) in [6, 6.07) is 2.46. The number of nitrogens with zero attached hydrogens (tertiary/aromatic N) is 1. The molecule has 1 heterocycles. The maximum absolute atomic E-state index is 5.51. The smallest absolute Gasteiger partial charge is 0.137 e. The SMILES string of the molecule is CCCNC(CSCC)c1cncc(OCC)c1. The Labute approximate surface area is 115 Å². The molecular formula is C14H24N2OS. The fourth-order valence-corrected chi connectivity index (χ4v) is 2.48. The van der Waals surface area contributed by atoms with Gasteiger partial charge in [0, 0.05) is 18.0 Å². The molecule has 102 valence electrons. The molecule has 0 aliphatic carbocycles. The Hall–Kier alpha value is -0.740. The third kappa shape index (κ3) is 5.27. The van der Waals surface area contributed by atoms with Gasteiger partial charge in [0.2, 0.25) is 0 Å². The molecule has 4 heteroatoms. The predicted molar refractivity (Wildman–Crippen MR) is 79.4 cm³/mol. The van der Waals surface area contributed by atoms with Crippen LogP contribution in [0.25, 0.3) is 0 Å². The molecule has 0 spiro atoms. The molecule has 0 fully saturated rings. The Morgan fingerprint density at radius 2 is 2.17 bits per heavy atom. The Bertz CT molecular complexity index is 325. The first kappa shape index (κ1) is 15.3. The summed E-state index contributed by atoms with van der Waals surface area (Å²) in [6.45, 7) is 8.09. The van der Waals surface area contributed by atoms with Crippen LogP contribution in [-0.2, 0) is 0 Å². The maximum Gasteiger partial charge on any atom is 0.137 e. The van der Waals surface area contributed by atoms with E-state index in [1.54, 1.807) is 6.20 Å². The Morgan fingerprint density at radius 1 is 1.33 bits per heavy atom. The summed E-state index contributed by atoms with van der Waals surface area (Å²) in [5.74, 6) is 3.08. The minimum absolute atomic E-state index is 0.364. The number of hydrogen-bond donors (Lipinski definition) is 1. The molecule has 0 aliphatic rings. The number of nitrogens with one attached hydrogen (secondary N) is 1. The van der Waals surface area contributed by atoms with E-state index in [1.807, 2.05) is 24.9 Å². The Balaban J connectivity index is 2.72. The monoisotopic (exact) mass is 268 g/mol. The largest absolute Gasteiger partial charge is 0.492 e. The van der Waals surface area contributed by atoms with E-state index in [0.717, 1.165) is 30.2 Å². The van der Waals surface area contributed by atoms with Gasteiger partial charge in [0.1, 0.15) is 5.75 Å². The van der Waals surface area contributed by atoms with Gasteiger partial charge >= 0.3 is 0 Å². The fraction of sp³-hybridized carbons (Fsp3) is 0.643. The van der Waals surface area contributed by atoms with E-state index >= 15 is 0 Å². The van der Waals surface area contributed by atoms with E-state index in [-0.39, 0.29) is 0 Å². The average Bonchev–Trinajstić information content (AvgIpc) is 2.40. The summed E-state index contributed by atoms with van der Waals surface area (Å²) in [5.41, 5.74) is 1.22. The first-order valence-electron chi connectivity index (χ1n) is 6.70. The van der Waals surface area contributed by atoms with Crippen LogP contribution in [-0.4, -0.2) is 29.6 Å². The van der Waals surface area contributed by atoms with Gasteiger partial charge in [-0.25, -0.2) is 0 Å². The summed E-state index contributed by atoms with van der Waals surface area (Å²) in [6.07, 6.45) is 4.86. The maximum atomic E-state index is 5.51. The van der Waals surface area contributed by atoms with Crippen LogP contribution >= 0.6 is 11.8 Å². The van der Waals surface area contributed by atoms with Crippen molar-refractivity contribution >= 4 is 11.8 Å². The highest BCUT2D eigenvalue weighted by Gasteiger charge is 2.11. The molecule has 3 nitrogen and oxygen atoms in total. The van der Waals surface area contributed by atoms with Crippen molar-refractivity contribution in [1.29, 1.82) is 0 Å².